The molecular formula is C13H23NO. The number of rotatable bonds is 5. The van der Waals surface area contributed by atoms with Gasteiger partial charge in [-0.1, -0.05) is 25.8 Å². The highest BCUT2D eigenvalue weighted by atomic mass is 16.1. The molecule has 2 nitrogen and oxygen atoms in total. The van der Waals surface area contributed by atoms with Crippen LogP contribution in [0, 0.1) is 11.8 Å². The third kappa shape index (κ3) is 4.50. The standard InChI is InChI=1S/C13H23NO/c1-3-14-10-4-5-13(15)12-8-6-11(2)7-9-12/h4,10-12,14H,3,5-9H2,1-2H3. The Morgan fingerprint density at radius 1 is 1.33 bits per heavy atom. The summed E-state index contributed by atoms with van der Waals surface area (Å²) in [7, 11) is 0. The van der Waals surface area contributed by atoms with Gasteiger partial charge in [-0.05, 0) is 31.9 Å². The number of hydrogen-bond acceptors (Lipinski definition) is 2. The lowest BCUT2D eigenvalue weighted by molar-refractivity contribution is -0.123. The summed E-state index contributed by atoms with van der Waals surface area (Å²) >= 11 is 0. The van der Waals surface area contributed by atoms with Crippen LogP contribution in [0.1, 0.15) is 46.0 Å². The van der Waals surface area contributed by atoms with Gasteiger partial charge in [0.05, 0.1) is 0 Å². The Kier molecular flexibility index (Phi) is 5.44. The van der Waals surface area contributed by atoms with Crippen LogP contribution in [0.25, 0.3) is 0 Å². The molecule has 15 heavy (non-hydrogen) atoms. The van der Waals surface area contributed by atoms with Gasteiger partial charge in [-0.25, -0.2) is 0 Å². The second-order valence-electron chi connectivity index (χ2n) is 4.59. The fourth-order valence-corrected chi connectivity index (χ4v) is 2.12. The van der Waals surface area contributed by atoms with E-state index < -0.39 is 0 Å². The first-order chi connectivity index (χ1) is 7.24. The largest absolute Gasteiger partial charge is 0.391 e. The molecule has 1 saturated carbocycles. The fourth-order valence-electron chi connectivity index (χ4n) is 2.12. The maximum Gasteiger partial charge on any atom is 0.139 e. The molecule has 0 aromatic rings. The van der Waals surface area contributed by atoms with Crippen LogP contribution < -0.4 is 5.32 Å². The Bertz CT molecular complexity index is 215. The molecular weight excluding hydrogens is 186 g/mol. The summed E-state index contributed by atoms with van der Waals surface area (Å²) in [5.74, 6) is 1.59. The highest BCUT2D eigenvalue weighted by Gasteiger charge is 2.22. The van der Waals surface area contributed by atoms with Crippen LogP contribution in [0.2, 0.25) is 0 Å². The molecule has 0 amide bonds. The van der Waals surface area contributed by atoms with Crippen LogP contribution in [0.3, 0.4) is 0 Å². The van der Waals surface area contributed by atoms with Crippen molar-refractivity contribution >= 4 is 5.78 Å². The lowest BCUT2D eigenvalue weighted by Gasteiger charge is -2.24. The maximum atomic E-state index is 11.8. The summed E-state index contributed by atoms with van der Waals surface area (Å²) in [6.45, 7) is 5.26. The number of Topliss-reactive ketones (excluding diaryl/α,β-unsaturated/α-hetero) is 1. The van der Waals surface area contributed by atoms with Gasteiger partial charge < -0.3 is 5.32 Å². The van der Waals surface area contributed by atoms with Crippen molar-refractivity contribution < 1.29 is 4.79 Å². The van der Waals surface area contributed by atoms with Gasteiger partial charge in [-0.3, -0.25) is 4.79 Å². The van der Waals surface area contributed by atoms with E-state index in [1.54, 1.807) is 0 Å². The summed E-state index contributed by atoms with van der Waals surface area (Å²) in [5, 5.41) is 3.08. The fraction of sp³-hybridized carbons (Fsp3) is 0.769. The summed E-state index contributed by atoms with van der Waals surface area (Å²) in [4.78, 5) is 11.8. The lowest BCUT2D eigenvalue weighted by atomic mass is 9.80. The molecule has 86 valence electrons. The zero-order valence-corrected chi connectivity index (χ0v) is 9.96. The van der Waals surface area contributed by atoms with Crippen LogP contribution in [0.15, 0.2) is 12.3 Å². The molecule has 1 fully saturated rings. The second kappa shape index (κ2) is 6.65. The van der Waals surface area contributed by atoms with Crippen molar-refractivity contribution in [2.45, 2.75) is 46.0 Å². The molecule has 0 radical (unpaired) electrons. The van der Waals surface area contributed by atoms with Gasteiger partial charge in [0.25, 0.3) is 0 Å². The van der Waals surface area contributed by atoms with Crippen LogP contribution in [-0.2, 0) is 4.79 Å². The van der Waals surface area contributed by atoms with Gasteiger partial charge in [0.2, 0.25) is 0 Å². The lowest BCUT2D eigenvalue weighted by Crippen LogP contribution is -2.20. The van der Waals surface area contributed by atoms with Crippen LogP contribution in [0.5, 0.6) is 0 Å². The van der Waals surface area contributed by atoms with Gasteiger partial charge >= 0.3 is 0 Å². The Morgan fingerprint density at radius 3 is 2.60 bits per heavy atom. The SMILES string of the molecule is CCNC=CCC(=O)C1CCC(C)CC1. The molecule has 1 rings (SSSR count). The van der Waals surface area contributed by atoms with E-state index in [4.69, 9.17) is 0 Å². The number of nitrogens with one attached hydrogen (secondary N) is 1. The molecule has 1 N–H and O–H groups in total. The smallest absolute Gasteiger partial charge is 0.139 e. The molecule has 1 aliphatic rings. The molecule has 0 aliphatic heterocycles. The van der Waals surface area contributed by atoms with Crippen molar-refractivity contribution in [2.24, 2.45) is 11.8 Å². The molecule has 0 atom stereocenters. The number of allylic oxidation sites excluding steroid dienone is 1. The summed E-state index contributed by atoms with van der Waals surface area (Å²) < 4.78 is 0. The Balaban J connectivity index is 2.22. The molecule has 0 unspecified atom stereocenters. The van der Waals surface area contributed by atoms with Gasteiger partial charge in [0.1, 0.15) is 5.78 Å². The average Bonchev–Trinajstić information content (AvgIpc) is 2.25. The molecule has 0 aromatic carbocycles. The summed E-state index contributed by atoms with van der Waals surface area (Å²) in [5.41, 5.74) is 0. The number of ketones is 1. The van der Waals surface area contributed by atoms with E-state index in [1.807, 2.05) is 12.3 Å². The minimum Gasteiger partial charge on any atom is -0.391 e. The Hall–Kier alpha value is -0.790. The zero-order chi connectivity index (χ0) is 11.1. The van der Waals surface area contributed by atoms with E-state index in [2.05, 4.69) is 19.2 Å². The first kappa shape index (κ1) is 12.3. The predicted molar refractivity (Wildman–Crippen MR) is 63.6 cm³/mol. The summed E-state index contributed by atoms with van der Waals surface area (Å²) in [6.07, 6.45) is 9.12. The first-order valence-electron chi connectivity index (χ1n) is 6.15. The summed E-state index contributed by atoms with van der Waals surface area (Å²) in [6, 6.07) is 0. The maximum absolute atomic E-state index is 11.8. The van der Waals surface area contributed by atoms with Crippen molar-refractivity contribution in [3.63, 3.8) is 0 Å². The van der Waals surface area contributed by atoms with Gasteiger partial charge in [-0.15, -0.1) is 0 Å². The van der Waals surface area contributed by atoms with Gasteiger partial charge in [0, 0.05) is 18.9 Å². The van der Waals surface area contributed by atoms with Crippen molar-refractivity contribution in [3.8, 4) is 0 Å². The number of carbonyl (C=O) groups excluding carboxylic acids is 1. The van der Waals surface area contributed by atoms with E-state index in [-0.39, 0.29) is 0 Å². The van der Waals surface area contributed by atoms with Gasteiger partial charge in [-0.2, -0.15) is 0 Å². The number of hydrogen-bond donors (Lipinski definition) is 1. The molecule has 2 heteroatoms. The highest BCUT2D eigenvalue weighted by Crippen LogP contribution is 2.29. The van der Waals surface area contributed by atoms with Crippen molar-refractivity contribution in [1.29, 1.82) is 0 Å². The predicted octanol–water partition coefficient (Wildman–Crippen LogP) is 2.90. The quantitative estimate of drug-likeness (QED) is 0.754. The van der Waals surface area contributed by atoms with Crippen LogP contribution >= 0.6 is 0 Å². The third-order valence-electron chi connectivity index (χ3n) is 3.23. The molecule has 1 aliphatic carbocycles. The second-order valence-corrected chi connectivity index (χ2v) is 4.59. The minimum atomic E-state index is 0.340. The number of carbonyl (C=O) groups is 1. The molecule has 0 spiro atoms. The molecule has 0 bridgehead atoms. The normalized spacial score (nSPS) is 26.8. The van der Waals surface area contributed by atoms with Gasteiger partial charge in [0.15, 0.2) is 0 Å². The molecule has 0 heterocycles. The Morgan fingerprint density at radius 2 is 2.00 bits per heavy atom. The first-order valence-corrected chi connectivity index (χ1v) is 6.15. The van der Waals surface area contributed by atoms with Crippen LogP contribution in [-0.4, -0.2) is 12.3 Å². The topological polar surface area (TPSA) is 29.1 Å². The van der Waals surface area contributed by atoms with Crippen molar-refractivity contribution in [3.05, 3.63) is 12.3 Å². The van der Waals surface area contributed by atoms with E-state index in [0.717, 1.165) is 25.3 Å². The van der Waals surface area contributed by atoms with Crippen LogP contribution in [0.4, 0.5) is 0 Å². The molecule has 0 saturated heterocycles. The molecule has 0 aromatic heterocycles. The zero-order valence-electron chi connectivity index (χ0n) is 9.96. The highest BCUT2D eigenvalue weighted by molar-refractivity contribution is 5.82. The minimum absolute atomic E-state index is 0.340. The van der Waals surface area contributed by atoms with E-state index >= 15 is 0 Å². The monoisotopic (exact) mass is 209 g/mol. The van der Waals surface area contributed by atoms with Crippen molar-refractivity contribution in [2.75, 3.05) is 6.54 Å². The van der Waals surface area contributed by atoms with E-state index in [0.29, 0.717) is 18.1 Å². The third-order valence-corrected chi connectivity index (χ3v) is 3.23. The average molecular weight is 209 g/mol. The van der Waals surface area contributed by atoms with E-state index in [1.165, 1.54) is 12.8 Å². The van der Waals surface area contributed by atoms with Crippen molar-refractivity contribution in [1.82, 2.24) is 5.32 Å². The Labute approximate surface area is 93.1 Å². The van der Waals surface area contributed by atoms with E-state index in [9.17, 15) is 4.79 Å².